The fourth-order valence-electron chi connectivity index (χ4n) is 2.23. The lowest BCUT2D eigenvalue weighted by Gasteiger charge is -2.14. The number of rotatable bonds is 6. The molecule has 20 heavy (non-hydrogen) atoms. The predicted octanol–water partition coefficient (Wildman–Crippen LogP) is 2.47. The van der Waals surface area contributed by atoms with Crippen molar-refractivity contribution in [2.75, 3.05) is 19.6 Å². The van der Waals surface area contributed by atoms with E-state index in [2.05, 4.69) is 28.8 Å². The lowest BCUT2D eigenvalue weighted by Crippen LogP contribution is -2.29. The summed E-state index contributed by atoms with van der Waals surface area (Å²) in [6.07, 6.45) is 5.72. The number of halogens is 1. The van der Waals surface area contributed by atoms with E-state index in [1.165, 1.54) is 11.1 Å². The third-order valence-corrected chi connectivity index (χ3v) is 3.38. The molecule has 0 saturated carbocycles. The summed E-state index contributed by atoms with van der Waals surface area (Å²) in [5, 5.41) is 6.27. The summed E-state index contributed by atoms with van der Waals surface area (Å²) in [4.78, 5) is 11.7. The van der Waals surface area contributed by atoms with Crippen LogP contribution < -0.4 is 10.6 Å². The molecule has 0 saturated heterocycles. The van der Waals surface area contributed by atoms with Gasteiger partial charge in [0, 0.05) is 19.5 Å². The zero-order valence-electron chi connectivity index (χ0n) is 11.7. The zero-order chi connectivity index (χ0) is 13.3. The Morgan fingerprint density at radius 3 is 2.75 bits per heavy atom. The summed E-state index contributed by atoms with van der Waals surface area (Å²) in [6.45, 7) is 2.67. The smallest absolute Gasteiger partial charge is 0.220 e. The van der Waals surface area contributed by atoms with E-state index in [-0.39, 0.29) is 18.3 Å². The van der Waals surface area contributed by atoms with Crippen LogP contribution in [0.2, 0.25) is 0 Å². The van der Waals surface area contributed by atoms with Crippen molar-refractivity contribution in [3.8, 4) is 0 Å². The second-order valence-electron chi connectivity index (χ2n) is 4.93. The molecule has 4 heteroatoms. The molecule has 0 atom stereocenters. The van der Waals surface area contributed by atoms with Gasteiger partial charge in [0.1, 0.15) is 0 Å². The summed E-state index contributed by atoms with van der Waals surface area (Å²) >= 11 is 0. The molecule has 0 fully saturated rings. The fourth-order valence-corrected chi connectivity index (χ4v) is 2.23. The highest BCUT2D eigenvalue weighted by molar-refractivity contribution is 5.85. The maximum absolute atomic E-state index is 11.7. The van der Waals surface area contributed by atoms with E-state index < -0.39 is 0 Å². The fraction of sp³-hybridized carbons (Fsp3) is 0.438. The second-order valence-corrected chi connectivity index (χ2v) is 4.93. The topological polar surface area (TPSA) is 41.1 Å². The number of carbonyl (C=O) groups is 1. The molecule has 1 aliphatic heterocycles. The Hall–Kier alpha value is -1.32. The van der Waals surface area contributed by atoms with E-state index in [1.54, 1.807) is 0 Å². The normalized spacial score (nSPS) is 14.1. The molecule has 1 heterocycles. The van der Waals surface area contributed by atoms with Gasteiger partial charge in [0.15, 0.2) is 0 Å². The number of aryl methyl sites for hydroxylation is 1. The molecular formula is C16H23ClN2O. The van der Waals surface area contributed by atoms with Crippen LogP contribution in [0.5, 0.6) is 0 Å². The van der Waals surface area contributed by atoms with Gasteiger partial charge in [-0.2, -0.15) is 0 Å². The summed E-state index contributed by atoms with van der Waals surface area (Å²) in [5.41, 5.74) is 2.64. The van der Waals surface area contributed by atoms with Gasteiger partial charge in [0.05, 0.1) is 0 Å². The molecule has 0 aliphatic carbocycles. The SMILES string of the molecule is Cl.O=C(CCCc1ccccc1)NCC1=CCNCC1. The molecule has 1 aromatic rings. The summed E-state index contributed by atoms with van der Waals surface area (Å²) < 4.78 is 0. The van der Waals surface area contributed by atoms with E-state index >= 15 is 0 Å². The number of hydrogen-bond donors (Lipinski definition) is 2. The molecule has 0 spiro atoms. The molecule has 0 unspecified atom stereocenters. The molecule has 0 aromatic heterocycles. The zero-order valence-corrected chi connectivity index (χ0v) is 12.5. The van der Waals surface area contributed by atoms with Gasteiger partial charge in [-0.15, -0.1) is 12.4 Å². The van der Waals surface area contributed by atoms with E-state index in [0.717, 1.165) is 32.4 Å². The minimum absolute atomic E-state index is 0. The predicted molar refractivity (Wildman–Crippen MR) is 85.2 cm³/mol. The Kier molecular flexibility index (Phi) is 8.00. The van der Waals surface area contributed by atoms with Gasteiger partial charge in [-0.3, -0.25) is 4.79 Å². The first-order valence-electron chi connectivity index (χ1n) is 7.04. The lowest BCUT2D eigenvalue weighted by molar-refractivity contribution is -0.121. The largest absolute Gasteiger partial charge is 0.352 e. The van der Waals surface area contributed by atoms with Crippen molar-refractivity contribution in [3.05, 3.63) is 47.5 Å². The highest BCUT2D eigenvalue weighted by Gasteiger charge is 2.05. The van der Waals surface area contributed by atoms with Crippen molar-refractivity contribution in [2.24, 2.45) is 0 Å². The lowest BCUT2D eigenvalue weighted by atomic mass is 10.1. The highest BCUT2D eigenvalue weighted by Crippen LogP contribution is 2.05. The van der Waals surface area contributed by atoms with Crippen molar-refractivity contribution in [1.29, 1.82) is 0 Å². The van der Waals surface area contributed by atoms with Crippen LogP contribution in [-0.4, -0.2) is 25.5 Å². The molecule has 2 N–H and O–H groups in total. The van der Waals surface area contributed by atoms with E-state index in [1.807, 2.05) is 18.2 Å². The maximum atomic E-state index is 11.7. The monoisotopic (exact) mass is 294 g/mol. The standard InChI is InChI=1S/C16H22N2O.ClH/c19-16(18-13-15-9-11-17-12-10-15)8-4-7-14-5-2-1-3-6-14;/h1-3,5-6,9,17H,4,7-8,10-13H2,(H,18,19);1H. The van der Waals surface area contributed by atoms with Crippen molar-refractivity contribution >= 4 is 18.3 Å². The first-order valence-corrected chi connectivity index (χ1v) is 7.04. The van der Waals surface area contributed by atoms with E-state index in [9.17, 15) is 4.79 Å². The average Bonchev–Trinajstić information content (AvgIpc) is 2.47. The van der Waals surface area contributed by atoms with Gasteiger partial charge >= 0.3 is 0 Å². The van der Waals surface area contributed by atoms with Crippen LogP contribution in [0.3, 0.4) is 0 Å². The average molecular weight is 295 g/mol. The quantitative estimate of drug-likeness (QED) is 0.792. The Labute approximate surface area is 127 Å². The first-order chi connectivity index (χ1) is 9.34. The third kappa shape index (κ3) is 6.22. The summed E-state index contributed by atoms with van der Waals surface area (Å²) in [6, 6.07) is 10.3. The Morgan fingerprint density at radius 1 is 1.25 bits per heavy atom. The van der Waals surface area contributed by atoms with Gasteiger partial charge in [-0.1, -0.05) is 42.0 Å². The van der Waals surface area contributed by atoms with Crippen molar-refractivity contribution in [1.82, 2.24) is 10.6 Å². The first kappa shape index (κ1) is 16.7. The van der Waals surface area contributed by atoms with Crippen LogP contribution in [0, 0.1) is 0 Å². The van der Waals surface area contributed by atoms with Gasteiger partial charge < -0.3 is 10.6 Å². The Morgan fingerprint density at radius 2 is 2.05 bits per heavy atom. The van der Waals surface area contributed by atoms with Crippen LogP contribution in [0.15, 0.2) is 42.0 Å². The van der Waals surface area contributed by atoms with Crippen LogP contribution in [0.25, 0.3) is 0 Å². The van der Waals surface area contributed by atoms with Gasteiger partial charge in [0.2, 0.25) is 5.91 Å². The molecule has 1 amide bonds. The molecule has 1 aromatic carbocycles. The Bertz CT molecular complexity index is 431. The van der Waals surface area contributed by atoms with Crippen LogP contribution >= 0.6 is 12.4 Å². The molecule has 0 bridgehead atoms. The second kappa shape index (κ2) is 9.56. The molecule has 2 rings (SSSR count). The highest BCUT2D eigenvalue weighted by atomic mass is 35.5. The maximum Gasteiger partial charge on any atom is 0.220 e. The van der Waals surface area contributed by atoms with Gasteiger partial charge in [-0.25, -0.2) is 0 Å². The molecule has 0 radical (unpaired) electrons. The number of amides is 1. The number of carbonyl (C=O) groups excluding carboxylic acids is 1. The summed E-state index contributed by atoms with van der Waals surface area (Å²) in [5.74, 6) is 0.162. The molecule has 1 aliphatic rings. The number of hydrogen-bond acceptors (Lipinski definition) is 2. The van der Waals surface area contributed by atoms with Crippen LogP contribution in [0.1, 0.15) is 24.8 Å². The summed E-state index contributed by atoms with van der Waals surface area (Å²) in [7, 11) is 0. The van der Waals surface area contributed by atoms with E-state index in [4.69, 9.17) is 0 Å². The number of nitrogens with one attached hydrogen (secondary N) is 2. The minimum atomic E-state index is 0. The number of benzene rings is 1. The van der Waals surface area contributed by atoms with Crippen molar-refractivity contribution < 1.29 is 4.79 Å². The third-order valence-electron chi connectivity index (χ3n) is 3.38. The van der Waals surface area contributed by atoms with Crippen molar-refractivity contribution in [3.63, 3.8) is 0 Å². The minimum Gasteiger partial charge on any atom is -0.352 e. The van der Waals surface area contributed by atoms with Gasteiger partial charge in [0.25, 0.3) is 0 Å². The van der Waals surface area contributed by atoms with Crippen molar-refractivity contribution in [2.45, 2.75) is 25.7 Å². The van der Waals surface area contributed by atoms with E-state index in [0.29, 0.717) is 13.0 Å². The molecule has 3 nitrogen and oxygen atoms in total. The molecular weight excluding hydrogens is 272 g/mol. The van der Waals surface area contributed by atoms with Crippen LogP contribution in [0.4, 0.5) is 0 Å². The Balaban J connectivity index is 0.00000200. The van der Waals surface area contributed by atoms with Gasteiger partial charge in [-0.05, 0) is 31.4 Å². The van der Waals surface area contributed by atoms with Crippen LogP contribution in [-0.2, 0) is 11.2 Å². The molecule has 110 valence electrons.